The van der Waals surface area contributed by atoms with E-state index < -0.39 is 0 Å². The third kappa shape index (κ3) is 3.66. The van der Waals surface area contributed by atoms with Gasteiger partial charge in [0, 0.05) is 29.8 Å². The molecule has 0 radical (unpaired) electrons. The SMILES string of the molecule is CC(Cc1cccs1)N(C)CC1CCCCC1=O. The minimum Gasteiger partial charge on any atom is -0.303 e. The fourth-order valence-electron chi connectivity index (χ4n) is 2.65. The van der Waals surface area contributed by atoms with Crippen LogP contribution in [-0.2, 0) is 11.2 Å². The van der Waals surface area contributed by atoms with Crippen LogP contribution in [0.3, 0.4) is 0 Å². The molecular formula is C15H23NOS. The molecule has 0 spiro atoms. The van der Waals surface area contributed by atoms with Crippen LogP contribution in [0.4, 0.5) is 0 Å². The van der Waals surface area contributed by atoms with Crippen molar-refractivity contribution in [1.29, 1.82) is 0 Å². The normalized spacial score (nSPS) is 22.4. The molecule has 3 heteroatoms. The Bertz CT molecular complexity index is 374. The standard InChI is InChI=1S/C15H23NOS/c1-12(10-14-7-5-9-18-14)16(2)11-13-6-3-4-8-15(13)17/h5,7,9,12-13H,3-4,6,8,10-11H2,1-2H3. The molecule has 2 atom stereocenters. The van der Waals surface area contributed by atoms with E-state index in [-0.39, 0.29) is 5.92 Å². The molecule has 1 aromatic rings. The van der Waals surface area contributed by atoms with Gasteiger partial charge in [-0.05, 0) is 44.7 Å². The molecule has 2 nitrogen and oxygen atoms in total. The van der Waals surface area contributed by atoms with Crippen LogP contribution >= 0.6 is 11.3 Å². The van der Waals surface area contributed by atoms with E-state index in [1.54, 1.807) is 0 Å². The summed E-state index contributed by atoms with van der Waals surface area (Å²) in [6.45, 7) is 3.19. The van der Waals surface area contributed by atoms with Crippen LogP contribution < -0.4 is 0 Å². The van der Waals surface area contributed by atoms with Crippen LogP contribution in [0.1, 0.15) is 37.5 Å². The first-order chi connectivity index (χ1) is 8.66. The Morgan fingerprint density at radius 2 is 2.33 bits per heavy atom. The number of carbonyl (C=O) groups is 1. The minimum absolute atomic E-state index is 0.287. The number of ketones is 1. The Morgan fingerprint density at radius 1 is 1.50 bits per heavy atom. The first kappa shape index (κ1) is 13.8. The van der Waals surface area contributed by atoms with Crippen LogP contribution in [0.25, 0.3) is 0 Å². The molecule has 18 heavy (non-hydrogen) atoms. The van der Waals surface area contributed by atoms with Crippen molar-refractivity contribution in [2.45, 2.75) is 45.1 Å². The van der Waals surface area contributed by atoms with E-state index in [9.17, 15) is 4.79 Å². The highest BCUT2D eigenvalue weighted by Gasteiger charge is 2.24. The molecule has 1 aromatic heterocycles. The highest BCUT2D eigenvalue weighted by atomic mass is 32.1. The van der Waals surface area contributed by atoms with E-state index in [0.29, 0.717) is 11.8 Å². The number of rotatable bonds is 5. The zero-order valence-corrected chi connectivity index (χ0v) is 12.2. The van der Waals surface area contributed by atoms with Gasteiger partial charge in [0.1, 0.15) is 5.78 Å². The molecule has 100 valence electrons. The molecule has 0 aliphatic heterocycles. The van der Waals surface area contributed by atoms with Crippen LogP contribution in [-0.4, -0.2) is 30.3 Å². The summed E-state index contributed by atoms with van der Waals surface area (Å²) >= 11 is 1.82. The van der Waals surface area contributed by atoms with Crippen LogP contribution in [0.15, 0.2) is 17.5 Å². The van der Waals surface area contributed by atoms with Crippen molar-refractivity contribution in [2.24, 2.45) is 5.92 Å². The lowest BCUT2D eigenvalue weighted by molar-refractivity contribution is -0.125. The van der Waals surface area contributed by atoms with E-state index in [0.717, 1.165) is 32.2 Å². The smallest absolute Gasteiger partial charge is 0.137 e. The Labute approximate surface area is 114 Å². The maximum Gasteiger partial charge on any atom is 0.137 e. The fraction of sp³-hybridized carbons (Fsp3) is 0.667. The lowest BCUT2D eigenvalue weighted by Crippen LogP contribution is -2.38. The monoisotopic (exact) mass is 265 g/mol. The molecule has 1 heterocycles. The van der Waals surface area contributed by atoms with E-state index in [1.165, 1.54) is 11.3 Å². The van der Waals surface area contributed by atoms with Crippen molar-refractivity contribution in [3.05, 3.63) is 22.4 Å². The summed E-state index contributed by atoms with van der Waals surface area (Å²) in [6.07, 6.45) is 5.31. The van der Waals surface area contributed by atoms with Gasteiger partial charge in [-0.25, -0.2) is 0 Å². The summed E-state index contributed by atoms with van der Waals surface area (Å²) in [5.74, 6) is 0.769. The summed E-state index contributed by atoms with van der Waals surface area (Å²) in [6, 6.07) is 4.82. The number of thiophene rings is 1. The number of hydrogen-bond acceptors (Lipinski definition) is 3. The van der Waals surface area contributed by atoms with Crippen molar-refractivity contribution in [3.63, 3.8) is 0 Å². The molecule has 0 amide bonds. The Hall–Kier alpha value is -0.670. The van der Waals surface area contributed by atoms with Crippen molar-refractivity contribution < 1.29 is 4.79 Å². The van der Waals surface area contributed by atoms with Crippen LogP contribution in [0.2, 0.25) is 0 Å². The molecule has 0 bridgehead atoms. The highest BCUT2D eigenvalue weighted by molar-refractivity contribution is 7.09. The highest BCUT2D eigenvalue weighted by Crippen LogP contribution is 2.22. The summed E-state index contributed by atoms with van der Waals surface area (Å²) in [5, 5.41) is 2.13. The summed E-state index contributed by atoms with van der Waals surface area (Å²) in [4.78, 5) is 15.6. The summed E-state index contributed by atoms with van der Waals surface area (Å²) in [7, 11) is 2.15. The third-order valence-corrected chi connectivity index (χ3v) is 4.92. The lowest BCUT2D eigenvalue weighted by Gasteiger charge is -2.30. The quantitative estimate of drug-likeness (QED) is 0.813. The molecule has 2 unspecified atom stereocenters. The largest absolute Gasteiger partial charge is 0.303 e. The van der Waals surface area contributed by atoms with Gasteiger partial charge < -0.3 is 4.90 Å². The molecule has 1 aliphatic carbocycles. The molecular weight excluding hydrogens is 242 g/mol. The van der Waals surface area contributed by atoms with Gasteiger partial charge in [-0.3, -0.25) is 4.79 Å². The molecule has 0 saturated heterocycles. The second-order valence-corrected chi connectivity index (χ2v) is 6.51. The molecule has 1 aliphatic rings. The predicted octanol–water partition coefficient (Wildman–Crippen LogP) is 3.37. The Kier molecular flexibility index (Phi) is 4.95. The molecule has 1 fully saturated rings. The van der Waals surface area contributed by atoms with Gasteiger partial charge in [-0.2, -0.15) is 0 Å². The number of carbonyl (C=O) groups excluding carboxylic acids is 1. The van der Waals surface area contributed by atoms with Crippen molar-refractivity contribution in [2.75, 3.05) is 13.6 Å². The van der Waals surface area contributed by atoms with Gasteiger partial charge in [-0.1, -0.05) is 12.5 Å². The lowest BCUT2D eigenvalue weighted by atomic mass is 9.87. The Morgan fingerprint density at radius 3 is 3.00 bits per heavy atom. The molecule has 0 aromatic carbocycles. The van der Waals surface area contributed by atoms with Gasteiger partial charge in [0.05, 0.1) is 0 Å². The van der Waals surface area contributed by atoms with E-state index in [1.807, 2.05) is 11.3 Å². The number of likely N-dealkylation sites (N-methyl/N-ethyl adjacent to an activating group) is 1. The van der Waals surface area contributed by atoms with E-state index >= 15 is 0 Å². The Balaban J connectivity index is 1.82. The van der Waals surface area contributed by atoms with E-state index in [4.69, 9.17) is 0 Å². The van der Waals surface area contributed by atoms with Gasteiger partial charge in [0.15, 0.2) is 0 Å². The number of hydrogen-bond donors (Lipinski definition) is 0. The van der Waals surface area contributed by atoms with Crippen molar-refractivity contribution >= 4 is 17.1 Å². The first-order valence-corrected chi connectivity index (χ1v) is 7.80. The van der Waals surface area contributed by atoms with Gasteiger partial charge in [0.2, 0.25) is 0 Å². The van der Waals surface area contributed by atoms with E-state index in [2.05, 4.69) is 36.4 Å². The maximum atomic E-state index is 11.8. The maximum absolute atomic E-state index is 11.8. The van der Waals surface area contributed by atoms with Crippen molar-refractivity contribution in [3.8, 4) is 0 Å². The van der Waals surface area contributed by atoms with Crippen LogP contribution in [0, 0.1) is 5.92 Å². The minimum atomic E-state index is 0.287. The number of nitrogens with zero attached hydrogens (tertiary/aromatic N) is 1. The summed E-state index contributed by atoms with van der Waals surface area (Å²) in [5.41, 5.74) is 0. The van der Waals surface area contributed by atoms with Gasteiger partial charge in [0.25, 0.3) is 0 Å². The third-order valence-electron chi connectivity index (χ3n) is 4.02. The number of Topliss-reactive ketones (excluding diaryl/α,β-unsaturated/α-hetero) is 1. The molecule has 0 N–H and O–H groups in total. The fourth-order valence-corrected chi connectivity index (χ4v) is 3.48. The molecule has 2 rings (SSSR count). The average Bonchev–Trinajstić information content (AvgIpc) is 2.84. The predicted molar refractivity (Wildman–Crippen MR) is 77.1 cm³/mol. The zero-order valence-electron chi connectivity index (χ0n) is 11.4. The average molecular weight is 265 g/mol. The second kappa shape index (κ2) is 6.48. The topological polar surface area (TPSA) is 20.3 Å². The van der Waals surface area contributed by atoms with Gasteiger partial charge >= 0.3 is 0 Å². The first-order valence-electron chi connectivity index (χ1n) is 6.92. The van der Waals surface area contributed by atoms with Crippen LogP contribution in [0.5, 0.6) is 0 Å². The summed E-state index contributed by atoms with van der Waals surface area (Å²) < 4.78 is 0. The molecule has 1 saturated carbocycles. The van der Waals surface area contributed by atoms with Crippen molar-refractivity contribution in [1.82, 2.24) is 4.90 Å². The van der Waals surface area contributed by atoms with Gasteiger partial charge in [-0.15, -0.1) is 11.3 Å². The second-order valence-electron chi connectivity index (χ2n) is 5.48. The zero-order chi connectivity index (χ0) is 13.0.